The van der Waals surface area contributed by atoms with E-state index < -0.39 is 0 Å². The highest BCUT2D eigenvalue weighted by molar-refractivity contribution is 7.17. The summed E-state index contributed by atoms with van der Waals surface area (Å²) in [4.78, 5) is 12.6. The van der Waals surface area contributed by atoms with Crippen molar-refractivity contribution in [1.82, 2.24) is 9.97 Å². The zero-order valence-electron chi connectivity index (χ0n) is 19.0. The minimum absolute atomic E-state index is 0.528. The Morgan fingerprint density at radius 3 is 2.38 bits per heavy atom. The van der Waals surface area contributed by atoms with E-state index in [1.54, 1.807) is 17.7 Å². The number of thiophene rings is 1. The van der Waals surface area contributed by atoms with Crippen molar-refractivity contribution in [2.24, 2.45) is 5.92 Å². The molecule has 0 saturated carbocycles. The molecule has 0 spiro atoms. The maximum atomic E-state index is 4.60. The molecule has 4 nitrogen and oxygen atoms in total. The molecule has 2 aromatic carbocycles. The third kappa shape index (κ3) is 4.22. The van der Waals surface area contributed by atoms with Crippen LogP contribution < -0.4 is 10.2 Å². The van der Waals surface area contributed by atoms with E-state index >= 15 is 0 Å². The quantitative estimate of drug-likeness (QED) is 0.348. The molecule has 0 amide bonds. The normalized spacial score (nSPS) is 14.9. The Labute approximate surface area is 194 Å². The maximum absolute atomic E-state index is 4.60. The molecule has 1 aliphatic heterocycles. The second-order valence-corrected chi connectivity index (χ2v) is 10.0. The smallest absolute Gasteiger partial charge is 0.143 e. The van der Waals surface area contributed by atoms with Crippen LogP contribution in [0.3, 0.4) is 0 Å². The summed E-state index contributed by atoms with van der Waals surface area (Å²) < 4.78 is 0. The zero-order valence-corrected chi connectivity index (χ0v) is 19.8. The predicted molar refractivity (Wildman–Crippen MR) is 137 cm³/mol. The van der Waals surface area contributed by atoms with Crippen molar-refractivity contribution in [3.05, 3.63) is 65.8 Å². The zero-order chi connectivity index (χ0) is 22.1. The molecule has 0 aliphatic carbocycles. The van der Waals surface area contributed by atoms with Gasteiger partial charge in [-0.1, -0.05) is 45.0 Å². The second-order valence-electron chi connectivity index (χ2n) is 9.17. The van der Waals surface area contributed by atoms with E-state index in [0.29, 0.717) is 5.92 Å². The molecule has 3 heterocycles. The molecule has 5 heteroatoms. The lowest BCUT2D eigenvalue weighted by molar-refractivity contribution is 0.438. The lowest BCUT2D eigenvalue weighted by Gasteiger charge is -2.32. The Hall–Kier alpha value is -2.92. The monoisotopic (exact) mass is 442 g/mol. The van der Waals surface area contributed by atoms with Crippen LogP contribution in [-0.4, -0.2) is 23.1 Å². The number of hydrogen-bond acceptors (Lipinski definition) is 5. The van der Waals surface area contributed by atoms with Crippen LogP contribution in [0.1, 0.15) is 45.1 Å². The fourth-order valence-electron chi connectivity index (χ4n) is 4.39. The van der Waals surface area contributed by atoms with Gasteiger partial charge in [0.1, 0.15) is 17.0 Å². The van der Waals surface area contributed by atoms with Crippen LogP contribution in [-0.2, 0) is 0 Å². The van der Waals surface area contributed by atoms with Gasteiger partial charge < -0.3 is 10.2 Å². The number of piperidine rings is 1. The van der Waals surface area contributed by atoms with Gasteiger partial charge in [0, 0.05) is 35.4 Å². The van der Waals surface area contributed by atoms with Crippen LogP contribution in [0.4, 0.5) is 17.2 Å². The summed E-state index contributed by atoms with van der Waals surface area (Å²) >= 11 is 1.67. The number of aromatic nitrogens is 2. The number of benzene rings is 2. The summed E-state index contributed by atoms with van der Waals surface area (Å²) in [7, 11) is 0. The van der Waals surface area contributed by atoms with Gasteiger partial charge in [0.15, 0.2) is 0 Å². The predicted octanol–water partition coefficient (Wildman–Crippen LogP) is 7.46. The molecule has 2 aromatic heterocycles. The van der Waals surface area contributed by atoms with Crippen LogP contribution in [0.25, 0.3) is 21.3 Å². The summed E-state index contributed by atoms with van der Waals surface area (Å²) in [6.45, 7) is 9.09. The van der Waals surface area contributed by atoms with Crippen molar-refractivity contribution in [3.8, 4) is 11.1 Å². The molecule has 0 atom stereocenters. The molecule has 1 aliphatic rings. The van der Waals surface area contributed by atoms with E-state index in [0.717, 1.165) is 40.7 Å². The van der Waals surface area contributed by atoms with Crippen molar-refractivity contribution < 1.29 is 0 Å². The summed E-state index contributed by atoms with van der Waals surface area (Å²) in [5.74, 6) is 2.23. The van der Waals surface area contributed by atoms with Gasteiger partial charge in [0.05, 0.1) is 5.39 Å². The molecule has 0 bridgehead atoms. The lowest BCUT2D eigenvalue weighted by atomic mass is 9.99. The molecule has 1 fully saturated rings. The summed E-state index contributed by atoms with van der Waals surface area (Å²) in [6.07, 6.45) is 4.20. The average Bonchev–Trinajstić information content (AvgIpc) is 3.25. The standard InChI is InChI=1S/C27H30N4S/c1-18(2)20-4-6-21(7-5-20)24-16-32-27-25(24)26(28-17-29-27)30-22-8-10-23(11-9-22)31-14-12-19(3)13-15-31/h4-11,16-19H,12-15H2,1-3H3,(H,28,29,30). The summed E-state index contributed by atoms with van der Waals surface area (Å²) in [6, 6.07) is 17.6. The van der Waals surface area contributed by atoms with E-state index in [1.807, 2.05) is 0 Å². The Morgan fingerprint density at radius 1 is 0.969 bits per heavy atom. The van der Waals surface area contributed by atoms with Gasteiger partial charge in [0.25, 0.3) is 0 Å². The van der Waals surface area contributed by atoms with Crippen LogP contribution >= 0.6 is 11.3 Å². The fourth-order valence-corrected chi connectivity index (χ4v) is 5.30. The van der Waals surface area contributed by atoms with Gasteiger partial charge in [-0.25, -0.2) is 9.97 Å². The number of fused-ring (bicyclic) bond motifs is 1. The molecule has 1 N–H and O–H groups in total. The first kappa shape index (κ1) is 21.0. The lowest BCUT2D eigenvalue weighted by Crippen LogP contribution is -2.32. The van der Waals surface area contributed by atoms with Gasteiger partial charge in [0.2, 0.25) is 0 Å². The minimum Gasteiger partial charge on any atom is -0.372 e. The third-order valence-corrected chi connectivity index (χ3v) is 7.42. The van der Waals surface area contributed by atoms with E-state index in [-0.39, 0.29) is 0 Å². The molecule has 164 valence electrons. The molecular weight excluding hydrogens is 412 g/mol. The van der Waals surface area contributed by atoms with Gasteiger partial charge in [-0.2, -0.15) is 0 Å². The van der Waals surface area contributed by atoms with Crippen LogP contribution in [0, 0.1) is 5.92 Å². The molecule has 5 rings (SSSR count). The van der Waals surface area contributed by atoms with E-state index in [9.17, 15) is 0 Å². The van der Waals surface area contributed by atoms with E-state index in [4.69, 9.17) is 0 Å². The highest BCUT2D eigenvalue weighted by atomic mass is 32.1. The number of nitrogens with zero attached hydrogens (tertiary/aromatic N) is 3. The van der Waals surface area contributed by atoms with Gasteiger partial charge in [-0.05, 0) is 60.1 Å². The van der Waals surface area contributed by atoms with Crippen LogP contribution in [0.5, 0.6) is 0 Å². The second kappa shape index (κ2) is 8.91. The number of hydrogen-bond donors (Lipinski definition) is 1. The van der Waals surface area contributed by atoms with Gasteiger partial charge in [-0.15, -0.1) is 11.3 Å². The first-order valence-electron chi connectivity index (χ1n) is 11.5. The van der Waals surface area contributed by atoms with Crippen molar-refractivity contribution in [3.63, 3.8) is 0 Å². The molecule has 4 aromatic rings. The Bertz CT molecular complexity index is 1190. The van der Waals surface area contributed by atoms with Crippen molar-refractivity contribution in [2.75, 3.05) is 23.3 Å². The summed E-state index contributed by atoms with van der Waals surface area (Å²) in [5.41, 5.74) is 6.09. The van der Waals surface area contributed by atoms with E-state index in [1.165, 1.54) is 35.2 Å². The molecular formula is C27H30N4S. The largest absolute Gasteiger partial charge is 0.372 e. The summed E-state index contributed by atoms with van der Waals surface area (Å²) in [5, 5.41) is 6.82. The average molecular weight is 443 g/mol. The Balaban J connectivity index is 1.41. The maximum Gasteiger partial charge on any atom is 0.143 e. The number of rotatable bonds is 5. The molecule has 0 unspecified atom stereocenters. The van der Waals surface area contributed by atoms with Crippen LogP contribution in [0.15, 0.2) is 60.2 Å². The third-order valence-electron chi connectivity index (χ3n) is 6.54. The van der Waals surface area contributed by atoms with Crippen molar-refractivity contribution in [2.45, 2.75) is 39.5 Å². The number of nitrogens with one attached hydrogen (secondary N) is 1. The Morgan fingerprint density at radius 2 is 1.69 bits per heavy atom. The Kier molecular flexibility index (Phi) is 5.83. The molecule has 32 heavy (non-hydrogen) atoms. The first-order valence-corrected chi connectivity index (χ1v) is 12.4. The van der Waals surface area contributed by atoms with Crippen LogP contribution in [0.2, 0.25) is 0 Å². The minimum atomic E-state index is 0.528. The van der Waals surface area contributed by atoms with Gasteiger partial charge >= 0.3 is 0 Å². The number of anilines is 3. The first-order chi connectivity index (χ1) is 15.6. The highest BCUT2D eigenvalue weighted by Crippen LogP contribution is 2.38. The topological polar surface area (TPSA) is 41.0 Å². The fraction of sp³-hybridized carbons (Fsp3) is 0.333. The molecule has 1 saturated heterocycles. The van der Waals surface area contributed by atoms with Crippen molar-refractivity contribution in [1.29, 1.82) is 0 Å². The SMILES string of the molecule is CC1CCN(c2ccc(Nc3ncnc4scc(-c5ccc(C(C)C)cc5)c34)cc2)CC1. The van der Waals surface area contributed by atoms with E-state index in [2.05, 4.69) is 94.9 Å². The molecule has 0 radical (unpaired) electrons. The van der Waals surface area contributed by atoms with Crippen molar-refractivity contribution >= 4 is 38.7 Å². The highest BCUT2D eigenvalue weighted by Gasteiger charge is 2.17. The van der Waals surface area contributed by atoms with Gasteiger partial charge in [-0.3, -0.25) is 0 Å².